The quantitative estimate of drug-likeness (QED) is 0.736. The van der Waals surface area contributed by atoms with E-state index in [1.165, 1.54) is 35.6 Å². The van der Waals surface area contributed by atoms with Gasteiger partial charge in [0.2, 0.25) is 0 Å². The summed E-state index contributed by atoms with van der Waals surface area (Å²) >= 11 is 0. The van der Waals surface area contributed by atoms with Crippen LogP contribution in [0.5, 0.6) is 0 Å². The molecular formula is C20H21NO5S. The number of carbonyl (C=O) groups is 2. The van der Waals surface area contributed by atoms with Gasteiger partial charge in [0.15, 0.2) is 11.9 Å². The van der Waals surface area contributed by atoms with Gasteiger partial charge in [-0.05, 0) is 55.7 Å². The van der Waals surface area contributed by atoms with Crippen LogP contribution in [0.25, 0.3) is 0 Å². The molecule has 0 unspecified atom stereocenters. The predicted molar refractivity (Wildman–Crippen MR) is 101 cm³/mol. The molecule has 3 rings (SSSR count). The summed E-state index contributed by atoms with van der Waals surface area (Å²) in [6, 6.07) is 14.3. The molecule has 0 bridgehead atoms. The average Bonchev–Trinajstić information content (AvgIpc) is 2.70. The summed E-state index contributed by atoms with van der Waals surface area (Å²) in [4.78, 5) is 24.1. The van der Waals surface area contributed by atoms with Crippen LogP contribution in [0.4, 0.5) is 5.69 Å². The van der Waals surface area contributed by atoms with Gasteiger partial charge in [0.1, 0.15) is 0 Å². The van der Waals surface area contributed by atoms with Crippen LogP contribution >= 0.6 is 0 Å². The maximum atomic E-state index is 12.7. The maximum Gasteiger partial charge on any atom is 0.338 e. The Balaban J connectivity index is 1.74. The fourth-order valence-electron chi connectivity index (χ4n) is 2.97. The smallest absolute Gasteiger partial charge is 0.338 e. The third-order valence-corrected chi connectivity index (χ3v) is 6.42. The third-order valence-electron chi connectivity index (χ3n) is 4.62. The van der Waals surface area contributed by atoms with E-state index in [1.54, 1.807) is 30.3 Å². The van der Waals surface area contributed by atoms with Crippen LogP contribution in [0.3, 0.4) is 0 Å². The Morgan fingerprint density at radius 3 is 2.33 bits per heavy atom. The average molecular weight is 387 g/mol. The summed E-state index contributed by atoms with van der Waals surface area (Å²) < 4.78 is 31.9. The molecule has 1 fully saturated rings. The topological polar surface area (TPSA) is 80.8 Å². The van der Waals surface area contributed by atoms with E-state index < -0.39 is 22.1 Å². The van der Waals surface area contributed by atoms with E-state index in [4.69, 9.17) is 4.74 Å². The molecule has 1 saturated carbocycles. The van der Waals surface area contributed by atoms with Gasteiger partial charge in [-0.3, -0.25) is 9.10 Å². The number of para-hydroxylation sites is 1. The van der Waals surface area contributed by atoms with Crippen LogP contribution in [-0.2, 0) is 19.6 Å². The number of ketones is 1. The molecule has 1 atom stereocenters. The number of esters is 1. The number of ether oxygens (including phenoxy) is 1. The molecule has 27 heavy (non-hydrogen) atoms. The molecule has 0 amide bonds. The second-order valence-corrected chi connectivity index (χ2v) is 8.41. The fraction of sp³-hybridized carbons (Fsp3) is 0.300. The number of anilines is 1. The lowest BCUT2D eigenvalue weighted by molar-refractivity contribution is -0.129. The summed E-state index contributed by atoms with van der Waals surface area (Å²) in [6.45, 7) is 0. The Kier molecular flexibility index (Phi) is 5.60. The molecule has 1 aliphatic rings. The van der Waals surface area contributed by atoms with Crippen molar-refractivity contribution in [3.05, 3.63) is 60.2 Å². The number of carbonyl (C=O) groups excluding carboxylic acids is 2. The largest absolute Gasteiger partial charge is 0.451 e. The standard InChI is InChI=1S/C20H21NO5S/c1-21(16-7-3-2-4-8-16)27(24,25)17-13-11-15(12-14-17)20(23)26-19-10-6-5-9-18(19)22/h2-4,7-8,11-14,19H,5-6,9-10H2,1H3/t19-/m1/s1. The van der Waals surface area contributed by atoms with Crippen molar-refractivity contribution in [2.45, 2.75) is 36.7 Å². The van der Waals surface area contributed by atoms with Crippen molar-refractivity contribution >= 4 is 27.5 Å². The second kappa shape index (κ2) is 7.92. The first-order valence-electron chi connectivity index (χ1n) is 8.77. The number of Topliss-reactive ketones (excluding diaryl/α,β-unsaturated/α-hetero) is 1. The molecule has 142 valence electrons. The van der Waals surface area contributed by atoms with Gasteiger partial charge < -0.3 is 4.74 Å². The first-order valence-corrected chi connectivity index (χ1v) is 10.2. The van der Waals surface area contributed by atoms with Crippen molar-refractivity contribution < 1.29 is 22.7 Å². The Morgan fingerprint density at radius 2 is 1.70 bits per heavy atom. The zero-order valence-corrected chi connectivity index (χ0v) is 15.8. The third kappa shape index (κ3) is 4.19. The molecule has 7 heteroatoms. The summed E-state index contributed by atoms with van der Waals surface area (Å²) in [5.41, 5.74) is 0.756. The summed E-state index contributed by atoms with van der Waals surface area (Å²) in [5.74, 6) is -0.672. The fourth-order valence-corrected chi connectivity index (χ4v) is 4.17. The molecular weight excluding hydrogens is 366 g/mol. The SMILES string of the molecule is CN(c1ccccc1)S(=O)(=O)c1ccc(C(=O)O[C@@H]2CCCCC2=O)cc1. The van der Waals surface area contributed by atoms with Crippen LogP contribution in [0, 0.1) is 0 Å². The van der Waals surface area contributed by atoms with Crippen LogP contribution in [0.2, 0.25) is 0 Å². The van der Waals surface area contributed by atoms with E-state index in [1.807, 2.05) is 0 Å². The zero-order valence-electron chi connectivity index (χ0n) is 15.0. The van der Waals surface area contributed by atoms with Crippen molar-refractivity contribution in [1.29, 1.82) is 0 Å². The number of rotatable bonds is 5. The lowest BCUT2D eigenvalue weighted by Gasteiger charge is -2.21. The summed E-state index contributed by atoms with van der Waals surface area (Å²) in [7, 11) is -2.27. The highest BCUT2D eigenvalue weighted by molar-refractivity contribution is 7.92. The number of hydrogen-bond donors (Lipinski definition) is 0. The number of benzene rings is 2. The minimum atomic E-state index is -3.74. The molecule has 0 spiro atoms. The van der Waals surface area contributed by atoms with Gasteiger partial charge >= 0.3 is 5.97 Å². The van der Waals surface area contributed by atoms with E-state index in [0.717, 1.165) is 12.8 Å². The molecule has 0 aliphatic heterocycles. The molecule has 1 aliphatic carbocycles. The molecule has 2 aromatic carbocycles. The molecule has 0 radical (unpaired) electrons. The highest BCUT2D eigenvalue weighted by atomic mass is 32.2. The molecule has 0 saturated heterocycles. The van der Waals surface area contributed by atoms with E-state index in [-0.39, 0.29) is 16.2 Å². The van der Waals surface area contributed by atoms with E-state index in [2.05, 4.69) is 0 Å². The normalized spacial score (nSPS) is 17.4. The Morgan fingerprint density at radius 1 is 1.04 bits per heavy atom. The Bertz CT molecular complexity index is 923. The highest BCUT2D eigenvalue weighted by Crippen LogP contribution is 2.23. The predicted octanol–water partition coefficient (Wildman–Crippen LogP) is 3.18. The van der Waals surface area contributed by atoms with Crippen LogP contribution < -0.4 is 4.31 Å². The second-order valence-electron chi connectivity index (χ2n) is 6.44. The van der Waals surface area contributed by atoms with Crippen LogP contribution in [0.1, 0.15) is 36.0 Å². The van der Waals surface area contributed by atoms with E-state index in [9.17, 15) is 18.0 Å². The van der Waals surface area contributed by atoms with Gasteiger partial charge in [-0.25, -0.2) is 13.2 Å². The zero-order chi connectivity index (χ0) is 19.4. The Hall–Kier alpha value is -2.67. The summed E-state index contributed by atoms with van der Waals surface area (Å²) in [6.07, 6.45) is 1.96. The van der Waals surface area contributed by atoms with Crippen LogP contribution in [-0.4, -0.2) is 33.3 Å². The first kappa shape index (κ1) is 19.1. The van der Waals surface area contributed by atoms with Gasteiger partial charge in [0, 0.05) is 13.5 Å². The van der Waals surface area contributed by atoms with Crippen LogP contribution in [0.15, 0.2) is 59.5 Å². The van der Waals surface area contributed by atoms with Crippen molar-refractivity contribution in [1.82, 2.24) is 0 Å². The molecule has 0 heterocycles. The van der Waals surface area contributed by atoms with Gasteiger partial charge in [-0.1, -0.05) is 18.2 Å². The minimum absolute atomic E-state index is 0.0571. The lowest BCUT2D eigenvalue weighted by atomic mass is 9.96. The van der Waals surface area contributed by atoms with Gasteiger partial charge in [-0.15, -0.1) is 0 Å². The first-order chi connectivity index (χ1) is 12.9. The Labute approximate surface area is 158 Å². The number of sulfonamides is 1. The lowest BCUT2D eigenvalue weighted by Crippen LogP contribution is -2.30. The van der Waals surface area contributed by atoms with Gasteiger partial charge in [-0.2, -0.15) is 0 Å². The molecule has 0 N–H and O–H groups in total. The maximum absolute atomic E-state index is 12.7. The molecule has 2 aromatic rings. The minimum Gasteiger partial charge on any atom is -0.451 e. The molecule has 6 nitrogen and oxygen atoms in total. The van der Waals surface area contributed by atoms with Gasteiger partial charge in [0.25, 0.3) is 10.0 Å². The summed E-state index contributed by atoms with van der Waals surface area (Å²) in [5, 5.41) is 0. The number of nitrogens with zero attached hydrogens (tertiary/aromatic N) is 1. The van der Waals surface area contributed by atoms with Crippen molar-refractivity contribution in [3.63, 3.8) is 0 Å². The molecule has 0 aromatic heterocycles. The van der Waals surface area contributed by atoms with Crippen molar-refractivity contribution in [3.8, 4) is 0 Å². The monoisotopic (exact) mass is 387 g/mol. The van der Waals surface area contributed by atoms with Gasteiger partial charge in [0.05, 0.1) is 16.1 Å². The number of hydrogen-bond acceptors (Lipinski definition) is 5. The van der Waals surface area contributed by atoms with Crippen molar-refractivity contribution in [2.24, 2.45) is 0 Å². The van der Waals surface area contributed by atoms with E-state index >= 15 is 0 Å². The van der Waals surface area contributed by atoms with E-state index in [0.29, 0.717) is 18.5 Å². The van der Waals surface area contributed by atoms with Crippen molar-refractivity contribution in [2.75, 3.05) is 11.4 Å². The highest BCUT2D eigenvalue weighted by Gasteiger charge is 2.27.